The number of aromatic nitrogens is 3. The van der Waals surface area contributed by atoms with Gasteiger partial charge < -0.3 is 10.2 Å². The Morgan fingerprint density at radius 3 is 2.92 bits per heavy atom. The van der Waals surface area contributed by atoms with Crippen LogP contribution < -0.4 is 5.32 Å². The molecule has 0 radical (unpaired) electrons. The predicted molar refractivity (Wildman–Crippen MR) is 92.0 cm³/mol. The number of amides is 1. The first kappa shape index (κ1) is 15.7. The first-order valence-electron chi connectivity index (χ1n) is 8.40. The highest BCUT2D eigenvalue weighted by Crippen LogP contribution is 2.19. The highest BCUT2D eigenvalue weighted by molar-refractivity contribution is 7.11. The van der Waals surface area contributed by atoms with E-state index < -0.39 is 0 Å². The van der Waals surface area contributed by atoms with Crippen LogP contribution in [0.1, 0.15) is 31.6 Å². The highest BCUT2D eigenvalue weighted by Gasteiger charge is 2.28. The van der Waals surface area contributed by atoms with Gasteiger partial charge in [0.2, 0.25) is 0 Å². The number of carbonyl (C=O) groups is 1. The molecule has 0 spiro atoms. The Bertz CT molecular complexity index is 731. The smallest absolute Gasteiger partial charge is 0.274 e. The Morgan fingerprint density at radius 2 is 2.17 bits per heavy atom. The lowest BCUT2D eigenvalue weighted by Crippen LogP contribution is -2.48. The standard InChI is InChI=1S/C16H22N6OS/c1-11-18-8-12(24-11)10-21-4-6-22(7-5-21)16(23)15-13-9-17-3-2-14(13)19-20-15/h8,17H,2-7,9-10H2,1H3,(H,19,20). The van der Waals surface area contributed by atoms with Gasteiger partial charge in [0.15, 0.2) is 5.69 Å². The van der Waals surface area contributed by atoms with Gasteiger partial charge in [0.05, 0.1) is 5.01 Å². The van der Waals surface area contributed by atoms with Crippen molar-refractivity contribution in [1.82, 2.24) is 30.3 Å². The molecule has 4 heterocycles. The van der Waals surface area contributed by atoms with Crippen LogP contribution in [-0.2, 0) is 19.5 Å². The zero-order chi connectivity index (χ0) is 16.5. The lowest BCUT2D eigenvalue weighted by atomic mass is 10.1. The normalized spacial score (nSPS) is 18.6. The maximum Gasteiger partial charge on any atom is 0.274 e. The molecule has 0 atom stereocenters. The average molecular weight is 346 g/mol. The SMILES string of the molecule is Cc1ncc(CN2CCN(C(=O)c3n[nH]c4c3CNCC4)CC2)s1. The molecule has 2 N–H and O–H groups in total. The second kappa shape index (κ2) is 6.62. The predicted octanol–water partition coefficient (Wildman–Crippen LogP) is 0.778. The van der Waals surface area contributed by atoms with Crippen molar-refractivity contribution < 1.29 is 4.79 Å². The summed E-state index contributed by atoms with van der Waals surface area (Å²) in [6.07, 6.45) is 2.87. The van der Waals surface area contributed by atoms with Crippen LogP contribution in [0, 0.1) is 6.92 Å². The maximum atomic E-state index is 12.8. The monoisotopic (exact) mass is 346 g/mol. The van der Waals surface area contributed by atoms with E-state index in [0.717, 1.165) is 68.5 Å². The minimum Gasteiger partial charge on any atom is -0.335 e. The third kappa shape index (κ3) is 3.09. The molecule has 0 aliphatic carbocycles. The molecular formula is C16H22N6OS. The van der Waals surface area contributed by atoms with E-state index in [9.17, 15) is 4.79 Å². The summed E-state index contributed by atoms with van der Waals surface area (Å²) in [7, 11) is 0. The van der Waals surface area contributed by atoms with Crippen LogP contribution in [0.25, 0.3) is 0 Å². The summed E-state index contributed by atoms with van der Waals surface area (Å²) in [5, 5.41) is 11.7. The van der Waals surface area contributed by atoms with Gasteiger partial charge in [-0.1, -0.05) is 0 Å². The summed E-state index contributed by atoms with van der Waals surface area (Å²) >= 11 is 1.75. The van der Waals surface area contributed by atoms with E-state index in [-0.39, 0.29) is 5.91 Å². The minimum absolute atomic E-state index is 0.0597. The van der Waals surface area contributed by atoms with Crippen LogP contribution in [0.5, 0.6) is 0 Å². The van der Waals surface area contributed by atoms with Gasteiger partial charge in [-0.15, -0.1) is 11.3 Å². The molecule has 7 nitrogen and oxygen atoms in total. The van der Waals surface area contributed by atoms with Crippen molar-refractivity contribution in [2.45, 2.75) is 26.4 Å². The third-order valence-electron chi connectivity index (χ3n) is 4.72. The zero-order valence-electron chi connectivity index (χ0n) is 13.8. The van der Waals surface area contributed by atoms with E-state index in [0.29, 0.717) is 5.69 Å². The van der Waals surface area contributed by atoms with Crippen molar-refractivity contribution in [3.63, 3.8) is 0 Å². The first-order valence-corrected chi connectivity index (χ1v) is 9.22. The summed E-state index contributed by atoms with van der Waals surface area (Å²) < 4.78 is 0. The maximum absolute atomic E-state index is 12.8. The Balaban J connectivity index is 1.37. The molecule has 2 aromatic rings. The zero-order valence-corrected chi connectivity index (χ0v) is 14.7. The summed E-state index contributed by atoms with van der Waals surface area (Å²) in [5.41, 5.74) is 2.76. The molecule has 2 aromatic heterocycles. The molecule has 2 aliphatic heterocycles. The number of hydrogen-bond acceptors (Lipinski definition) is 6. The van der Waals surface area contributed by atoms with Crippen molar-refractivity contribution >= 4 is 17.2 Å². The van der Waals surface area contributed by atoms with E-state index in [1.54, 1.807) is 11.3 Å². The Labute approximate surface area is 145 Å². The summed E-state index contributed by atoms with van der Waals surface area (Å²) in [5.74, 6) is 0.0597. The van der Waals surface area contributed by atoms with Gasteiger partial charge >= 0.3 is 0 Å². The van der Waals surface area contributed by atoms with Crippen molar-refractivity contribution in [1.29, 1.82) is 0 Å². The largest absolute Gasteiger partial charge is 0.335 e. The lowest BCUT2D eigenvalue weighted by Gasteiger charge is -2.34. The van der Waals surface area contributed by atoms with E-state index >= 15 is 0 Å². The van der Waals surface area contributed by atoms with Gasteiger partial charge in [0.25, 0.3) is 5.91 Å². The van der Waals surface area contributed by atoms with Gasteiger partial charge in [-0.3, -0.25) is 14.8 Å². The average Bonchev–Trinajstić information content (AvgIpc) is 3.21. The molecule has 128 valence electrons. The fourth-order valence-electron chi connectivity index (χ4n) is 3.36. The molecule has 1 saturated heterocycles. The fraction of sp³-hybridized carbons (Fsp3) is 0.562. The van der Waals surface area contributed by atoms with Gasteiger partial charge in [0.1, 0.15) is 0 Å². The Hall–Kier alpha value is -1.77. The number of fused-ring (bicyclic) bond motifs is 1. The molecule has 1 fully saturated rings. The number of aromatic amines is 1. The molecule has 0 unspecified atom stereocenters. The van der Waals surface area contributed by atoms with Crippen LogP contribution >= 0.6 is 11.3 Å². The van der Waals surface area contributed by atoms with Gasteiger partial charge in [-0.05, 0) is 6.92 Å². The number of nitrogens with zero attached hydrogens (tertiary/aromatic N) is 4. The molecule has 8 heteroatoms. The second-order valence-electron chi connectivity index (χ2n) is 6.37. The van der Waals surface area contributed by atoms with Gasteiger partial charge in [0, 0.05) is 74.6 Å². The molecule has 2 aliphatic rings. The minimum atomic E-state index is 0.0597. The number of rotatable bonds is 3. The van der Waals surface area contributed by atoms with Crippen LogP contribution in [0.2, 0.25) is 0 Å². The summed E-state index contributed by atoms with van der Waals surface area (Å²) in [4.78, 5) is 22.7. The van der Waals surface area contributed by atoms with Crippen LogP contribution in [-0.4, -0.2) is 63.6 Å². The Morgan fingerprint density at radius 1 is 1.33 bits per heavy atom. The number of aryl methyl sites for hydroxylation is 1. The Kier molecular flexibility index (Phi) is 4.34. The molecule has 1 amide bonds. The number of H-pyrrole nitrogens is 1. The number of thiazole rings is 1. The topological polar surface area (TPSA) is 77.2 Å². The molecule has 0 saturated carbocycles. The lowest BCUT2D eigenvalue weighted by molar-refractivity contribution is 0.0622. The van der Waals surface area contributed by atoms with Crippen molar-refractivity contribution in [2.75, 3.05) is 32.7 Å². The second-order valence-corrected chi connectivity index (χ2v) is 7.69. The van der Waals surface area contributed by atoms with Crippen LogP contribution in [0.3, 0.4) is 0 Å². The van der Waals surface area contributed by atoms with Gasteiger partial charge in [-0.2, -0.15) is 5.10 Å². The summed E-state index contributed by atoms with van der Waals surface area (Å²) in [6, 6.07) is 0. The molecular weight excluding hydrogens is 324 g/mol. The molecule has 0 bridgehead atoms. The number of nitrogens with one attached hydrogen (secondary N) is 2. The van der Waals surface area contributed by atoms with E-state index in [4.69, 9.17) is 0 Å². The van der Waals surface area contributed by atoms with Crippen molar-refractivity contribution in [3.8, 4) is 0 Å². The van der Waals surface area contributed by atoms with Gasteiger partial charge in [-0.25, -0.2) is 4.98 Å². The van der Waals surface area contributed by atoms with E-state index in [1.165, 1.54) is 4.88 Å². The third-order valence-corrected chi connectivity index (χ3v) is 5.61. The molecule has 4 rings (SSSR count). The van der Waals surface area contributed by atoms with Crippen molar-refractivity contribution in [3.05, 3.63) is 33.0 Å². The summed E-state index contributed by atoms with van der Waals surface area (Å²) in [6.45, 7) is 7.94. The first-order chi connectivity index (χ1) is 11.7. The van der Waals surface area contributed by atoms with E-state index in [2.05, 4.69) is 25.4 Å². The number of piperazine rings is 1. The number of carbonyl (C=O) groups excluding carboxylic acids is 1. The fourth-order valence-corrected chi connectivity index (χ4v) is 4.20. The molecule has 0 aromatic carbocycles. The number of hydrogen-bond donors (Lipinski definition) is 2. The van der Waals surface area contributed by atoms with E-state index in [1.807, 2.05) is 18.0 Å². The molecule has 24 heavy (non-hydrogen) atoms. The van der Waals surface area contributed by atoms with Crippen LogP contribution in [0.15, 0.2) is 6.20 Å². The van der Waals surface area contributed by atoms with Crippen LogP contribution in [0.4, 0.5) is 0 Å². The highest BCUT2D eigenvalue weighted by atomic mass is 32.1. The quantitative estimate of drug-likeness (QED) is 0.859. The van der Waals surface area contributed by atoms with Crippen molar-refractivity contribution in [2.24, 2.45) is 0 Å².